The standard InChI is InChI=1S/C14H20ClN3O/c1-9-4-3-5-11(6-9)17-14(19)10-7-12(15)18-13(8-10)16-2/h7-9,11H,3-6H2,1-2H3,(H,16,18)(H,17,19). The highest BCUT2D eigenvalue weighted by Crippen LogP contribution is 2.24. The Morgan fingerprint density at radius 1 is 1.42 bits per heavy atom. The largest absolute Gasteiger partial charge is 0.373 e. The number of hydrogen-bond donors (Lipinski definition) is 2. The van der Waals surface area contributed by atoms with Gasteiger partial charge in [0.2, 0.25) is 0 Å². The second kappa shape index (κ2) is 6.24. The molecule has 1 fully saturated rings. The molecule has 19 heavy (non-hydrogen) atoms. The fraction of sp³-hybridized carbons (Fsp3) is 0.571. The topological polar surface area (TPSA) is 54.0 Å². The summed E-state index contributed by atoms with van der Waals surface area (Å²) >= 11 is 5.91. The molecule has 1 amide bonds. The first-order chi connectivity index (χ1) is 9.08. The van der Waals surface area contributed by atoms with Crippen LogP contribution in [0.2, 0.25) is 5.15 Å². The lowest BCUT2D eigenvalue weighted by Crippen LogP contribution is -2.38. The maximum Gasteiger partial charge on any atom is 0.251 e. The molecular weight excluding hydrogens is 262 g/mol. The third-order valence-electron chi connectivity index (χ3n) is 3.58. The average molecular weight is 282 g/mol. The molecule has 0 spiro atoms. The molecule has 2 rings (SSSR count). The monoisotopic (exact) mass is 281 g/mol. The van der Waals surface area contributed by atoms with E-state index in [2.05, 4.69) is 22.5 Å². The van der Waals surface area contributed by atoms with Gasteiger partial charge >= 0.3 is 0 Å². The quantitative estimate of drug-likeness (QED) is 0.837. The van der Waals surface area contributed by atoms with E-state index in [4.69, 9.17) is 11.6 Å². The number of pyridine rings is 1. The molecule has 104 valence electrons. The molecule has 1 aliphatic carbocycles. The molecule has 0 saturated heterocycles. The first-order valence-corrected chi connectivity index (χ1v) is 7.12. The zero-order chi connectivity index (χ0) is 13.8. The van der Waals surface area contributed by atoms with Crippen LogP contribution >= 0.6 is 11.6 Å². The first kappa shape index (κ1) is 14.1. The number of halogens is 1. The zero-order valence-corrected chi connectivity index (χ0v) is 12.1. The number of anilines is 1. The van der Waals surface area contributed by atoms with Crippen LogP contribution < -0.4 is 10.6 Å². The Bertz CT molecular complexity index is 464. The fourth-order valence-corrected chi connectivity index (χ4v) is 2.80. The first-order valence-electron chi connectivity index (χ1n) is 6.74. The van der Waals surface area contributed by atoms with E-state index < -0.39 is 0 Å². The highest BCUT2D eigenvalue weighted by atomic mass is 35.5. The SMILES string of the molecule is CNc1cc(C(=O)NC2CCCC(C)C2)cc(Cl)n1. The number of nitrogens with zero attached hydrogens (tertiary/aromatic N) is 1. The van der Waals surface area contributed by atoms with Crippen molar-refractivity contribution in [3.8, 4) is 0 Å². The van der Waals surface area contributed by atoms with Gasteiger partial charge in [-0.15, -0.1) is 0 Å². The van der Waals surface area contributed by atoms with Gasteiger partial charge in [0.05, 0.1) is 0 Å². The number of carbonyl (C=O) groups excluding carboxylic acids is 1. The molecule has 2 atom stereocenters. The Balaban J connectivity index is 2.05. The van der Waals surface area contributed by atoms with Gasteiger partial charge < -0.3 is 10.6 Å². The van der Waals surface area contributed by atoms with Crippen LogP contribution in [0.5, 0.6) is 0 Å². The summed E-state index contributed by atoms with van der Waals surface area (Å²) in [5.41, 5.74) is 0.558. The number of aromatic nitrogens is 1. The highest BCUT2D eigenvalue weighted by Gasteiger charge is 2.21. The molecule has 5 heteroatoms. The third-order valence-corrected chi connectivity index (χ3v) is 3.78. The molecule has 0 aromatic carbocycles. The van der Waals surface area contributed by atoms with Crippen LogP contribution in [0.25, 0.3) is 0 Å². The lowest BCUT2D eigenvalue weighted by molar-refractivity contribution is 0.0921. The van der Waals surface area contributed by atoms with E-state index in [1.54, 1.807) is 19.2 Å². The van der Waals surface area contributed by atoms with Crippen molar-refractivity contribution in [2.45, 2.75) is 38.6 Å². The molecule has 1 aliphatic rings. The van der Waals surface area contributed by atoms with Crippen molar-refractivity contribution in [2.75, 3.05) is 12.4 Å². The molecular formula is C14H20ClN3O. The minimum absolute atomic E-state index is 0.0695. The number of amides is 1. The van der Waals surface area contributed by atoms with Crippen molar-refractivity contribution >= 4 is 23.3 Å². The van der Waals surface area contributed by atoms with E-state index in [1.165, 1.54) is 12.8 Å². The van der Waals surface area contributed by atoms with Gasteiger partial charge in [-0.1, -0.05) is 31.4 Å². The summed E-state index contributed by atoms with van der Waals surface area (Å²) in [6.07, 6.45) is 4.57. The molecule has 4 nitrogen and oxygen atoms in total. The van der Waals surface area contributed by atoms with Crippen molar-refractivity contribution in [3.05, 3.63) is 22.8 Å². The molecule has 1 aromatic heterocycles. The molecule has 1 heterocycles. The van der Waals surface area contributed by atoms with Crippen LogP contribution in [0.4, 0.5) is 5.82 Å². The van der Waals surface area contributed by atoms with Crippen molar-refractivity contribution in [1.82, 2.24) is 10.3 Å². The second-order valence-electron chi connectivity index (χ2n) is 5.26. The summed E-state index contributed by atoms with van der Waals surface area (Å²) in [5.74, 6) is 1.22. The molecule has 1 aromatic rings. The molecule has 2 unspecified atom stereocenters. The van der Waals surface area contributed by atoms with E-state index in [9.17, 15) is 4.79 Å². The fourth-order valence-electron chi connectivity index (χ4n) is 2.59. The van der Waals surface area contributed by atoms with E-state index in [-0.39, 0.29) is 11.9 Å². The van der Waals surface area contributed by atoms with Crippen LogP contribution in [-0.2, 0) is 0 Å². The van der Waals surface area contributed by atoms with Gasteiger partial charge in [-0.25, -0.2) is 4.98 Å². The normalized spacial score (nSPS) is 22.9. The average Bonchev–Trinajstić information content (AvgIpc) is 2.38. The minimum Gasteiger partial charge on any atom is -0.373 e. The van der Waals surface area contributed by atoms with E-state index in [0.717, 1.165) is 12.8 Å². The molecule has 0 aliphatic heterocycles. The van der Waals surface area contributed by atoms with Gasteiger partial charge in [-0.2, -0.15) is 0 Å². The maximum absolute atomic E-state index is 12.2. The predicted octanol–water partition coefficient (Wildman–Crippen LogP) is 3.09. The van der Waals surface area contributed by atoms with Crippen molar-refractivity contribution < 1.29 is 4.79 Å². The summed E-state index contributed by atoms with van der Waals surface area (Å²) in [7, 11) is 1.75. The minimum atomic E-state index is -0.0695. The number of carbonyl (C=O) groups is 1. The summed E-state index contributed by atoms with van der Waals surface area (Å²) in [4.78, 5) is 16.3. The second-order valence-corrected chi connectivity index (χ2v) is 5.64. The van der Waals surface area contributed by atoms with Crippen LogP contribution in [0.1, 0.15) is 43.0 Å². The smallest absolute Gasteiger partial charge is 0.251 e. The Morgan fingerprint density at radius 2 is 2.21 bits per heavy atom. The Hall–Kier alpha value is -1.29. The van der Waals surface area contributed by atoms with Gasteiger partial charge in [0.1, 0.15) is 11.0 Å². The van der Waals surface area contributed by atoms with E-state index >= 15 is 0 Å². The van der Waals surface area contributed by atoms with Crippen LogP contribution in [-0.4, -0.2) is 24.0 Å². The van der Waals surface area contributed by atoms with Crippen LogP contribution in [0.15, 0.2) is 12.1 Å². The molecule has 1 saturated carbocycles. The molecule has 2 N–H and O–H groups in total. The number of hydrogen-bond acceptors (Lipinski definition) is 3. The Morgan fingerprint density at radius 3 is 2.89 bits per heavy atom. The van der Waals surface area contributed by atoms with Gasteiger partial charge in [-0.05, 0) is 30.9 Å². The van der Waals surface area contributed by atoms with Crippen molar-refractivity contribution in [1.29, 1.82) is 0 Å². The van der Waals surface area contributed by atoms with Crippen LogP contribution in [0, 0.1) is 5.92 Å². The summed E-state index contributed by atoms with van der Waals surface area (Å²) < 4.78 is 0. The highest BCUT2D eigenvalue weighted by molar-refractivity contribution is 6.29. The van der Waals surface area contributed by atoms with Gasteiger partial charge in [0.15, 0.2) is 0 Å². The summed E-state index contributed by atoms with van der Waals surface area (Å²) in [5, 5.41) is 6.32. The maximum atomic E-state index is 12.2. The van der Waals surface area contributed by atoms with E-state index in [0.29, 0.717) is 22.5 Å². The van der Waals surface area contributed by atoms with Gasteiger partial charge in [0.25, 0.3) is 5.91 Å². The molecule has 0 bridgehead atoms. The summed E-state index contributed by atoms with van der Waals surface area (Å²) in [6.45, 7) is 2.24. The number of nitrogens with one attached hydrogen (secondary N) is 2. The van der Waals surface area contributed by atoms with Crippen molar-refractivity contribution in [2.24, 2.45) is 5.92 Å². The summed E-state index contributed by atoms with van der Waals surface area (Å²) in [6, 6.07) is 3.60. The predicted molar refractivity (Wildman–Crippen MR) is 77.7 cm³/mol. The van der Waals surface area contributed by atoms with E-state index in [1.807, 2.05) is 0 Å². The Kier molecular flexibility index (Phi) is 4.64. The van der Waals surface area contributed by atoms with Gasteiger partial charge in [0, 0.05) is 18.7 Å². The third kappa shape index (κ3) is 3.83. The van der Waals surface area contributed by atoms with Gasteiger partial charge in [-0.3, -0.25) is 4.79 Å². The lowest BCUT2D eigenvalue weighted by Gasteiger charge is -2.27. The lowest BCUT2D eigenvalue weighted by atomic mass is 9.87. The Labute approximate surface area is 118 Å². The number of rotatable bonds is 3. The van der Waals surface area contributed by atoms with Crippen molar-refractivity contribution in [3.63, 3.8) is 0 Å². The van der Waals surface area contributed by atoms with Crippen LogP contribution in [0.3, 0.4) is 0 Å². The zero-order valence-electron chi connectivity index (χ0n) is 11.4. The molecule has 0 radical (unpaired) electrons.